The van der Waals surface area contributed by atoms with Gasteiger partial charge in [-0.1, -0.05) is 59.2 Å². The van der Waals surface area contributed by atoms with Crippen molar-refractivity contribution in [1.29, 1.82) is 0 Å². The van der Waals surface area contributed by atoms with Gasteiger partial charge >= 0.3 is 0 Å². The topological polar surface area (TPSA) is 58.2 Å². The van der Waals surface area contributed by atoms with Gasteiger partial charge in [0.1, 0.15) is 0 Å². The van der Waals surface area contributed by atoms with Crippen molar-refractivity contribution in [1.82, 2.24) is 10.6 Å². The molecule has 1 saturated carbocycles. The number of benzene rings is 2. The van der Waals surface area contributed by atoms with Crippen molar-refractivity contribution >= 4 is 58.2 Å². The molecule has 2 amide bonds. The van der Waals surface area contributed by atoms with Gasteiger partial charge in [0.05, 0.1) is 21.2 Å². The van der Waals surface area contributed by atoms with Crippen molar-refractivity contribution in [3.05, 3.63) is 67.6 Å². The second-order valence-electron chi connectivity index (χ2n) is 6.69. The molecule has 0 spiro atoms. The van der Waals surface area contributed by atoms with E-state index in [-0.39, 0.29) is 33.9 Å². The first-order valence-electron chi connectivity index (χ1n) is 8.87. The minimum Gasteiger partial charge on any atom is -0.347 e. The van der Waals surface area contributed by atoms with Crippen molar-refractivity contribution in [3.63, 3.8) is 0 Å². The van der Waals surface area contributed by atoms with Crippen LogP contribution in [0.2, 0.25) is 20.1 Å². The molecule has 0 heterocycles. The molecule has 148 valence electrons. The highest BCUT2D eigenvalue weighted by Gasteiger charge is 2.29. The first-order chi connectivity index (χ1) is 13.3. The van der Waals surface area contributed by atoms with E-state index >= 15 is 0 Å². The summed E-state index contributed by atoms with van der Waals surface area (Å²) in [5.41, 5.74) is 0.699. The Balaban J connectivity index is 1.71. The van der Waals surface area contributed by atoms with Crippen LogP contribution >= 0.6 is 46.4 Å². The van der Waals surface area contributed by atoms with Crippen molar-refractivity contribution in [3.8, 4) is 0 Å². The van der Waals surface area contributed by atoms with Crippen LogP contribution in [0.25, 0.3) is 0 Å². The molecule has 0 aliphatic heterocycles. The summed E-state index contributed by atoms with van der Waals surface area (Å²) in [6, 6.07) is 9.05. The molecule has 2 aromatic rings. The zero-order valence-corrected chi connectivity index (χ0v) is 17.8. The third kappa shape index (κ3) is 5.12. The van der Waals surface area contributed by atoms with Crippen LogP contribution in [-0.4, -0.2) is 23.9 Å². The van der Waals surface area contributed by atoms with Gasteiger partial charge in [-0.15, -0.1) is 0 Å². The normalized spacial score (nSPS) is 19.1. The Morgan fingerprint density at radius 2 is 1.11 bits per heavy atom. The quantitative estimate of drug-likeness (QED) is 0.609. The lowest BCUT2D eigenvalue weighted by molar-refractivity contribution is 0.0863. The minimum absolute atomic E-state index is 0.206. The van der Waals surface area contributed by atoms with Crippen LogP contribution in [0, 0.1) is 0 Å². The summed E-state index contributed by atoms with van der Waals surface area (Å²) >= 11 is 24.0. The zero-order valence-electron chi connectivity index (χ0n) is 14.8. The molecule has 2 aromatic carbocycles. The number of amides is 2. The lowest BCUT2D eigenvalue weighted by Gasteiger charge is -2.33. The van der Waals surface area contributed by atoms with E-state index in [1.165, 1.54) is 12.1 Å². The lowest BCUT2D eigenvalue weighted by atomic mass is 9.89. The fourth-order valence-electron chi connectivity index (χ4n) is 3.32. The van der Waals surface area contributed by atoms with Crippen LogP contribution in [0.4, 0.5) is 0 Å². The van der Waals surface area contributed by atoms with Gasteiger partial charge in [-0.25, -0.2) is 0 Å². The number of rotatable bonds is 4. The van der Waals surface area contributed by atoms with Crippen molar-refractivity contribution in [2.45, 2.75) is 37.8 Å². The van der Waals surface area contributed by atoms with Crippen LogP contribution in [0.1, 0.15) is 46.4 Å². The van der Waals surface area contributed by atoms with E-state index in [0.717, 1.165) is 25.7 Å². The number of carbonyl (C=O) groups excluding carboxylic acids is 2. The number of nitrogens with one attached hydrogen (secondary N) is 2. The molecular weight excluding hydrogens is 442 g/mol. The maximum absolute atomic E-state index is 12.7. The summed E-state index contributed by atoms with van der Waals surface area (Å²) in [7, 11) is 0. The number of hydrogen-bond acceptors (Lipinski definition) is 2. The number of halogens is 4. The van der Waals surface area contributed by atoms with Crippen molar-refractivity contribution < 1.29 is 9.59 Å². The van der Waals surface area contributed by atoms with E-state index in [0.29, 0.717) is 21.2 Å². The monoisotopic (exact) mass is 458 g/mol. The largest absolute Gasteiger partial charge is 0.347 e. The molecule has 3 rings (SSSR count). The highest BCUT2D eigenvalue weighted by atomic mass is 35.5. The average Bonchev–Trinajstić information content (AvgIpc) is 2.63. The minimum atomic E-state index is -0.294. The molecule has 1 aliphatic rings. The molecule has 0 saturated heterocycles. The van der Waals surface area contributed by atoms with E-state index < -0.39 is 0 Å². The summed E-state index contributed by atoms with van der Waals surface area (Å²) in [5, 5.41) is 7.48. The zero-order chi connectivity index (χ0) is 20.3. The van der Waals surface area contributed by atoms with Gasteiger partial charge < -0.3 is 10.6 Å². The van der Waals surface area contributed by atoms with Crippen LogP contribution < -0.4 is 10.6 Å². The van der Waals surface area contributed by atoms with Gasteiger partial charge in [-0.3, -0.25) is 9.59 Å². The van der Waals surface area contributed by atoms with Crippen molar-refractivity contribution in [2.24, 2.45) is 0 Å². The van der Waals surface area contributed by atoms with Gasteiger partial charge in [0.2, 0.25) is 0 Å². The molecule has 0 aromatic heterocycles. The Hall–Kier alpha value is -1.46. The van der Waals surface area contributed by atoms with Gasteiger partial charge in [0.25, 0.3) is 11.8 Å². The second-order valence-corrected chi connectivity index (χ2v) is 8.38. The smallest absolute Gasteiger partial charge is 0.253 e. The summed E-state index contributed by atoms with van der Waals surface area (Å²) in [6.45, 7) is 0. The maximum Gasteiger partial charge on any atom is 0.253 e. The van der Waals surface area contributed by atoms with E-state index in [9.17, 15) is 9.59 Å². The Labute approximate surface area is 183 Å². The van der Waals surface area contributed by atoms with Crippen molar-refractivity contribution in [2.75, 3.05) is 0 Å². The molecule has 1 aliphatic carbocycles. The fourth-order valence-corrected chi connectivity index (χ4v) is 4.30. The summed E-state index contributed by atoms with van der Waals surface area (Å²) in [6.07, 6.45) is 3.45. The average molecular weight is 460 g/mol. The Bertz CT molecular complexity index is 830. The number of carbonyl (C=O) groups is 2. The summed E-state index contributed by atoms with van der Waals surface area (Å²) < 4.78 is 0. The van der Waals surface area contributed by atoms with Gasteiger partial charge in [0.15, 0.2) is 0 Å². The molecule has 0 radical (unpaired) electrons. The molecule has 2 N–H and O–H groups in total. The van der Waals surface area contributed by atoms with Gasteiger partial charge in [-0.2, -0.15) is 0 Å². The van der Waals surface area contributed by atoms with Crippen LogP contribution in [0.15, 0.2) is 36.4 Å². The second kappa shape index (κ2) is 9.36. The molecule has 4 nitrogen and oxygen atoms in total. The SMILES string of the molecule is O=C(NC1CCCCC1NC(=O)c1ccc(Cl)cc1Cl)c1ccc(Cl)cc1Cl. The molecule has 2 unspecified atom stereocenters. The first kappa shape index (κ1) is 21.3. The third-order valence-electron chi connectivity index (χ3n) is 4.75. The molecular formula is C20H18Cl4N2O2. The highest BCUT2D eigenvalue weighted by Crippen LogP contribution is 2.25. The Morgan fingerprint density at radius 1 is 0.714 bits per heavy atom. The van der Waals surface area contributed by atoms with Crippen LogP contribution in [-0.2, 0) is 0 Å². The van der Waals surface area contributed by atoms with E-state index in [2.05, 4.69) is 10.6 Å². The van der Waals surface area contributed by atoms with Crippen LogP contribution in [0.5, 0.6) is 0 Å². The van der Waals surface area contributed by atoms with E-state index in [1.54, 1.807) is 24.3 Å². The predicted octanol–water partition coefficient (Wildman–Crippen LogP) is 5.77. The maximum atomic E-state index is 12.7. The summed E-state index contributed by atoms with van der Waals surface area (Å²) in [4.78, 5) is 25.3. The Morgan fingerprint density at radius 3 is 1.46 bits per heavy atom. The van der Waals surface area contributed by atoms with Gasteiger partial charge in [-0.05, 0) is 49.2 Å². The molecule has 28 heavy (non-hydrogen) atoms. The highest BCUT2D eigenvalue weighted by molar-refractivity contribution is 6.37. The number of hydrogen-bond donors (Lipinski definition) is 2. The lowest BCUT2D eigenvalue weighted by Crippen LogP contribution is -2.53. The molecule has 0 bridgehead atoms. The van der Waals surface area contributed by atoms with E-state index in [1.807, 2.05) is 0 Å². The molecule has 8 heteroatoms. The molecule has 2 atom stereocenters. The fraction of sp³-hybridized carbons (Fsp3) is 0.300. The van der Waals surface area contributed by atoms with E-state index in [4.69, 9.17) is 46.4 Å². The summed E-state index contributed by atoms with van der Waals surface area (Å²) in [5.74, 6) is -0.588. The molecule has 1 fully saturated rings. The first-order valence-corrected chi connectivity index (χ1v) is 10.4. The predicted molar refractivity (Wildman–Crippen MR) is 114 cm³/mol. The van der Waals surface area contributed by atoms with Crippen LogP contribution in [0.3, 0.4) is 0 Å². The Kier molecular flexibility index (Phi) is 7.10. The van der Waals surface area contributed by atoms with Gasteiger partial charge in [0, 0.05) is 22.1 Å². The standard InChI is InChI=1S/C20H18Cl4N2O2/c21-11-5-7-13(15(23)9-11)19(27)25-17-3-1-2-4-18(17)26-20(28)14-8-6-12(22)10-16(14)24/h5-10,17-18H,1-4H2,(H,25,27)(H,26,28). The third-order valence-corrected chi connectivity index (χ3v) is 5.85.